The van der Waals surface area contributed by atoms with Gasteiger partial charge in [-0.3, -0.25) is 0 Å². The van der Waals surface area contributed by atoms with Crippen molar-refractivity contribution in [2.45, 2.75) is 23.8 Å². The minimum Gasteiger partial charge on any atom is -0.328 e. The predicted octanol–water partition coefficient (Wildman–Crippen LogP) is 0.841. The second kappa shape index (κ2) is 4.72. The maximum Gasteiger partial charge on any atom is 0.240 e. The Morgan fingerprint density at radius 1 is 1.29 bits per heavy atom. The molecule has 1 fully saturated rings. The molecule has 2 rings (SSSR count). The summed E-state index contributed by atoms with van der Waals surface area (Å²) >= 11 is 0. The van der Waals surface area contributed by atoms with Gasteiger partial charge >= 0.3 is 0 Å². The highest BCUT2D eigenvalue weighted by Gasteiger charge is 2.27. The lowest BCUT2D eigenvalue weighted by atomic mass is 9.81. The van der Waals surface area contributed by atoms with Crippen molar-refractivity contribution < 1.29 is 12.8 Å². The molecule has 0 unspecified atom stereocenters. The largest absolute Gasteiger partial charge is 0.328 e. The second-order valence-electron chi connectivity index (χ2n) is 4.40. The van der Waals surface area contributed by atoms with Crippen LogP contribution in [0.1, 0.15) is 12.8 Å². The molecule has 0 bridgehead atoms. The van der Waals surface area contributed by atoms with Crippen LogP contribution in [0.2, 0.25) is 0 Å². The molecule has 0 spiro atoms. The van der Waals surface area contributed by atoms with Crippen molar-refractivity contribution in [2.75, 3.05) is 6.54 Å². The van der Waals surface area contributed by atoms with Gasteiger partial charge in [-0.05, 0) is 43.0 Å². The average Bonchev–Trinajstić information content (AvgIpc) is 2.23. The Morgan fingerprint density at radius 3 is 2.41 bits per heavy atom. The lowest BCUT2D eigenvalue weighted by molar-refractivity contribution is 0.267. The van der Waals surface area contributed by atoms with Crippen LogP contribution in [0.5, 0.6) is 0 Å². The van der Waals surface area contributed by atoms with E-state index in [2.05, 4.69) is 4.72 Å². The van der Waals surface area contributed by atoms with Gasteiger partial charge in [0.15, 0.2) is 0 Å². The van der Waals surface area contributed by atoms with Gasteiger partial charge < -0.3 is 5.73 Å². The minimum absolute atomic E-state index is 0.0857. The maximum atomic E-state index is 12.7. The number of sulfonamides is 1. The van der Waals surface area contributed by atoms with Gasteiger partial charge in [0.1, 0.15) is 5.82 Å². The summed E-state index contributed by atoms with van der Waals surface area (Å²) in [6, 6.07) is 4.98. The first kappa shape index (κ1) is 12.5. The first-order chi connectivity index (χ1) is 7.97. The molecular formula is C11H15FN2O2S. The number of nitrogens with one attached hydrogen (secondary N) is 1. The van der Waals surface area contributed by atoms with E-state index in [0.29, 0.717) is 12.5 Å². The molecule has 94 valence electrons. The molecule has 1 aromatic carbocycles. The van der Waals surface area contributed by atoms with Gasteiger partial charge in [-0.1, -0.05) is 0 Å². The molecule has 0 amide bonds. The van der Waals surface area contributed by atoms with E-state index in [1.807, 2.05) is 0 Å². The summed E-state index contributed by atoms with van der Waals surface area (Å²) in [7, 11) is -3.52. The van der Waals surface area contributed by atoms with Crippen molar-refractivity contribution in [3.63, 3.8) is 0 Å². The van der Waals surface area contributed by atoms with E-state index in [9.17, 15) is 12.8 Å². The molecule has 17 heavy (non-hydrogen) atoms. The van der Waals surface area contributed by atoms with Gasteiger partial charge in [-0.2, -0.15) is 0 Å². The summed E-state index contributed by atoms with van der Waals surface area (Å²) in [5, 5.41) is 0. The molecule has 0 saturated heterocycles. The quantitative estimate of drug-likeness (QED) is 0.840. The normalized spacial score (nSPS) is 24.4. The van der Waals surface area contributed by atoms with Crippen molar-refractivity contribution >= 4 is 10.0 Å². The van der Waals surface area contributed by atoms with E-state index in [4.69, 9.17) is 5.73 Å². The number of hydrogen-bond acceptors (Lipinski definition) is 3. The number of halogens is 1. The zero-order valence-electron chi connectivity index (χ0n) is 9.27. The topological polar surface area (TPSA) is 72.2 Å². The van der Waals surface area contributed by atoms with Crippen LogP contribution in [-0.2, 0) is 10.0 Å². The smallest absolute Gasteiger partial charge is 0.240 e. The van der Waals surface area contributed by atoms with Crippen LogP contribution in [0, 0.1) is 11.7 Å². The summed E-state index contributed by atoms with van der Waals surface area (Å²) in [5.41, 5.74) is 5.62. The highest BCUT2D eigenvalue weighted by atomic mass is 32.2. The van der Waals surface area contributed by atoms with E-state index in [-0.39, 0.29) is 10.9 Å². The van der Waals surface area contributed by atoms with Crippen molar-refractivity contribution in [2.24, 2.45) is 11.7 Å². The minimum atomic E-state index is -3.52. The first-order valence-electron chi connectivity index (χ1n) is 5.48. The molecule has 1 aliphatic carbocycles. The molecule has 0 heterocycles. The number of benzene rings is 1. The second-order valence-corrected chi connectivity index (χ2v) is 6.17. The van der Waals surface area contributed by atoms with Crippen LogP contribution in [0.3, 0.4) is 0 Å². The van der Waals surface area contributed by atoms with Crippen LogP contribution in [0.15, 0.2) is 29.2 Å². The fourth-order valence-corrected chi connectivity index (χ4v) is 2.99. The van der Waals surface area contributed by atoms with Gasteiger partial charge in [0.2, 0.25) is 10.0 Å². The molecule has 0 aliphatic heterocycles. The van der Waals surface area contributed by atoms with Gasteiger partial charge in [0.25, 0.3) is 0 Å². The summed E-state index contributed by atoms with van der Waals surface area (Å²) in [6.07, 6.45) is 1.71. The van der Waals surface area contributed by atoms with Crippen molar-refractivity contribution in [1.82, 2.24) is 4.72 Å². The third kappa shape index (κ3) is 3.02. The monoisotopic (exact) mass is 258 g/mol. The Hall–Kier alpha value is -0.980. The van der Waals surface area contributed by atoms with Crippen LogP contribution < -0.4 is 10.5 Å². The number of hydrogen-bond donors (Lipinski definition) is 2. The van der Waals surface area contributed by atoms with Crippen molar-refractivity contribution in [3.05, 3.63) is 30.1 Å². The Morgan fingerprint density at radius 2 is 1.88 bits per heavy atom. The summed E-state index contributed by atoms with van der Waals surface area (Å²) in [4.78, 5) is 0.0857. The van der Waals surface area contributed by atoms with Crippen LogP contribution in [0.4, 0.5) is 4.39 Å². The molecule has 0 aromatic heterocycles. The molecular weight excluding hydrogens is 243 g/mol. The lowest BCUT2D eigenvalue weighted by Crippen LogP contribution is -2.42. The highest BCUT2D eigenvalue weighted by Crippen LogP contribution is 2.25. The van der Waals surface area contributed by atoms with Crippen LogP contribution in [0.25, 0.3) is 0 Å². The Balaban J connectivity index is 1.96. The molecule has 1 aliphatic rings. The Bertz CT molecular complexity index is 481. The first-order valence-corrected chi connectivity index (χ1v) is 6.96. The zero-order valence-corrected chi connectivity index (χ0v) is 10.1. The standard InChI is InChI=1S/C11H15FN2O2S/c12-9-1-3-11(4-2-9)17(15,16)14-7-8-5-10(13)6-8/h1-4,8,10,14H,5-7,13H2. The molecule has 1 saturated carbocycles. The van der Waals surface area contributed by atoms with E-state index < -0.39 is 15.8 Å². The summed E-state index contributed by atoms with van der Waals surface area (Å²) < 4.78 is 38.8. The van der Waals surface area contributed by atoms with Crippen molar-refractivity contribution in [3.8, 4) is 0 Å². The van der Waals surface area contributed by atoms with E-state index >= 15 is 0 Å². The Kier molecular flexibility index (Phi) is 3.46. The maximum absolute atomic E-state index is 12.7. The fourth-order valence-electron chi connectivity index (χ4n) is 1.88. The van der Waals surface area contributed by atoms with Gasteiger partial charge in [-0.15, -0.1) is 0 Å². The Labute approximate surface area is 100 Å². The van der Waals surface area contributed by atoms with Crippen molar-refractivity contribution in [1.29, 1.82) is 0 Å². The predicted molar refractivity (Wildman–Crippen MR) is 62.3 cm³/mol. The molecule has 3 N–H and O–H groups in total. The van der Waals surface area contributed by atoms with E-state index in [1.54, 1.807) is 0 Å². The SMILES string of the molecule is NC1CC(CNS(=O)(=O)c2ccc(F)cc2)C1. The average molecular weight is 258 g/mol. The third-order valence-electron chi connectivity index (χ3n) is 2.96. The van der Waals surface area contributed by atoms with Gasteiger partial charge in [-0.25, -0.2) is 17.5 Å². The molecule has 0 radical (unpaired) electrons. The molecule has 1 aromatic rings. The van der Waals surface area contributed by atoms with Gasteiger partial charge in [0.05, 0.1) is 4.90 Å². The zero-order chi connectivity index (χ0) is 12.5. The van der Waals surface area contributed by atoms with E-state index in [0.717, 1.165) is 25.0 Å². The number of nitrogens with two attached hydrogens (primary N) is 1. The molecule has 4 nitrogen and oxygen atoms in total. The summed E-state index contributed by atoms with van der Waals surface area (Å²) in [6.45, 7) is 0.396. The van der Waals surface area contributed by atoms with Gasteiger partial charge in [0, 0.05) is 12.6 Å². The van der Waals surface area contributed by atoms with E-state index in [1.165, 1.54) is 12.1 Å². The highest BCUT2D eigenvalue weighted by molar-refractivity contribution is 7.89. The lowest BCUT2D eigenvalue weighted by Gasteiger charge is -2.32. The molecule has 6 heteroatoms. The van der Waals surface area contributed by atoms with Crippen LogP contribution in [-0.4, -0.2) is 21.0 Å². The fraction of sp³-hybridized carbons (Fsp3) is 0.455. The number of rotatable bonds is 4. The summed E-state index contributed by atoms with van der Waals surface area (Å²) in [5.74, 6) is -0.130. The third-order valence-corrected chi connectivity index (χ3v) is 4.40. The van der Waals surface area contributed by atoms with Crippen LogP contribution >= 0.6 is 0 Å². The molecule has 0 atom stereocenters.